The minimum atomic E-state index is -4.66. The van der Waals surface area contributed by atoms with Gasteiger partial charge in [-0.15, -0.1) is 0 Å². The van der Waals surface area contributed by atoms with Crippen LogP contribution in [0.5, 0.6) is 0 Å². The Labute approximate surface area is 159 Å². The van der Waals surface area contributed by atoms with Crippen LogP contribution in [-0.4, -0.2) is 52.2 Å². The molecular formula is C18H19F3N6O. The van der Waals surface area contributed by atoms with Crippen molar-refractivity contribution in [2.24, 2.45) is 0 Å². The van der Waals surface area contributed by atoms with Crippen molar-refractivity contribution in [2.75, 3.05) is 31.1 Å². The van der Waals surface area contributed by atoms with Crippen molar-refractivity contribution in [3.8, 4) is 17.3 Å². The number of pyridine rings is 1. The van der Waals surface area contributed by atoms with Crippen LogP contribution in [0, 0.1) is 11.3 Å². The number of piperidine rings is 1. The average molecular weight is 392 g/mol. The molecule has 4 rings (SSSR count). The first-order valence-electron chi connectivity index (χ1n) is 9.09. The zero-order valence-corrected chi connectivity index (χ0v) is 14.9. The summed E-state index contributed by atoms with van der Waals surface area (Å²) in [4.78, 5) is 6.04. The van der Waals surface area contributed by atoms with Gasteiger partial charge in [-0.05, 0) is 25.5 Å². The summed E-state index contributed by atoms with van der Waals surface area (Å²) in [6, 6.07) is 2.34. The number of aliphatic hydroxyl groups excluding tert-OH is 1. The number of aromatic nitrogens is 3. The van der Waals surface area contributed by atoms with Crippen molar-refractivity contribution in [3.05, 3.63) is 29.6 Å². The van der Waals surface area contributed by atoms with E-state index in [2.05, 4.69) is 15.4 Å². The molecule has 2 saturated heterocycles. The maximum Gasteiger partial charge on any atom is 0.417 e. The van der Waals surface area contributed by atoms with Crippen LogP contribution in [-0.2, 0) is 6.18 Å². The summed E-state index contributed by atoms with van der Waals surface area (Å²) >= 11 is 0. The van der Waals surface area contributed by atoms with Gasteiger partial charge in [0, 0.05) is 31.4 Å². The molecule has 7 nitrogen and oxygen atoms in total. The van der Waals surface area contributed by atoms with E-state index in [1.807, 2.05) is 0 Å². The fourth-order valence-corrected chi connectivity index (χ4v) is 3.56. The van der Waals surface area contributed by atoms with Gasteiger partial charge >= 0.3 is 6.18 Å². The number of hydrogen-bond acceptors (Lipinski definition) is 6. The smallest absolute Gasteiger partial charge is 0.390 e. The highest BCUT2D eigenvalue weighted by atomic mass is 19.4. The van der Waals surface area contributed by atoms with Crippen LogP contribution in [0.1, 0.15) is 30.0 Å². The molecule has 0 radical (unpaired) electrons. The molecule has 10 heteroatoms. The third-order valence-electron chi connectivity index (χ3n) is 5.22. The molecule has 0 aromatic carbocycles. The molecule has 2 N–H and O–H groups in total. The minimum absolute atomic E-state index is 0.0632. The molecule has 2 aromatic rings. The number of halogens is 3. The molecule has 28 heavy (non-hydrogen) atoms. The lowest BCUT2D eigenvalue weighted by atomic mass is 10.0. The van der Waals surface area contributed by atoms with E-state index in [-0.39, 0.29) is 17.6 Å². The Balaban J connectivity index is 1.77. The van der Waals surface area contributed by atoms with Crippen molar-refractivity contribution < 1.29 is 18.3 Å². The number of rotatable bonds is 3. The SMILES string of the molecule is N#Cc1c(C(F)(F)F)cc(-c2cnn(C3CCNCC3O)c2)nc1N1CCC1. The lowest BCUT2D eigenvalue weighted by Crippen LogP contribution is -2.41. The van der Waals surface area contributed by atoms with Gasteiger partial charge in [0.1, 0.15) is 17.5 Å². The van der Waals surface area contributed by atoms with Crippen molar-refractivity contribution in [1.82, 2.24) is 20.1 Å². The molecular weight excluding hydrogens is 373 g/mol. The zero-order chi connectivity index (χ0) is 19.9. The van der Waals surface area contributed by atoms with Gasteiger partial charge in [-0.3, -0.25) is 4.68 Å². The van der Waals surface area contributed by atoms with Crippen LogP contribution in [0.2, 0.25) is 0 Å². The second-order valence-electron chi connectivity index (χ2n) is 7.04. The molecule has 0 saturated carbocycles. The zero-order valence-electron chi connectivity index (χ0n) is 14.9. The molecule has 2 atom stereocenters. The van der Waals surface area contributed by atoms with E-state index in [1.54, 1.807) is 21.8 Å². The number of anilines is 1. The second kappa shape index (κ2) is 7.07. The molecule has 0 aliphatic carbocycles. The van der Waals surface area contributed by atoms with Gasteiger partial charge in [0.25, 0.3) is 0 Å². The molecule has 0 amide bonds. The first-order valence-corrected chi connectivity index (χ1v) is 9.09. The number of hydrogen-bond donors (Lipinski definition) is 2. The van der Waals surface area contributed by atoms with Crippen LogP contribution in [0.3, 0.4) is 0 Å². The summed E-state index contributed by atoms with van der Waals surface area (Å²) in [6.45, 7) is 2.31. The highest BCUT2D eigenvalue weighted by Gasteiger charge is 2.37. The van der Waals surface area contributed by atoms with Gasteiger partial charge in [-0.1, -0.05) is 0 Å². The van der Waals surface area contributed by atoms with Crippen LogP contribution in [0.25, 0.3) is 11.3 Å². The Kier molecular flexibility index (Phi) is 4.72. The van der Waals surface area contributed by atoms with Gasteiger partial charge in [0.2, 0.25) is 0 Å². The molecule has 0 spiro atoms. The number of alkyl halides is 3. The predicted molar refractivity (Wildman–Crippen MR) is 94.5 cm³/mol. The quantitative estimate of drug-likeness (QED) is 0.830. The van der Waals surface area contributed by atoms with Gasteiger partial charge in [0.15, 0.2) is 0 Å². The molecule has 2 fully saturated rings. The van der Waals surface area contributed by atoms with Crippen LogP contribution < -0.4 is 10.2 Å². The Morgan fingerprint density at radius 1 is 1.32 bits per heavy atom. The maximum atomic E-state index is 13.6. The summed E-state index contributed by atoms with van der Waals surface area (Å²) < 4.78 is 42.3. The molecule has 2 unspecified atom stereocenters. The van der Waals surface area contributed by atoms with E-state index in [0.29, 0.717) is 31.6 Å². The number of nitrogens with zero attached hydrogens (tertiary/aromatic N) is 5. The Morgan fingerprint density at radius 3 is 2.71 bits per heavy atom. The average Bonchev–Trinajstić information content (AvgIpc) is 3.09. The van der Waals surface area contributed by atoms with E-state index in [9.17, 15) is 23.5 Å². The van der Waals surface area contributed by atoms with E-state index >= 15 is 0 Å². The molecule has 2 aliphatic rings. The van der Waals surface area contributed by atoms with Crippen molar-refractivity contribution in [3.63, 3.8) is 0 Å². The third kappa shape index (κ3) is 3.31. The summed E-state index contributed by atoms with van der Waals surface area (Å²) in [6.07, 6.45) is -0.724. The summed E-state index contributed by atoms with van der Waals surface area (Å²) in [5.41, 5.74) is -0.904. The minimum Gasteiger partial charge on any atom is -0.390 e. The fourth-order valence-electron chi connectivity index (χ4n) is 3.56. The number of nitriles is 1. The van der Waals surface area contributed by atoms with Crippen LogP contribution in [0.4, 0.5) is 19.0 Å². The highest BCUT2D eigenvalue weighted by Crippen LogP contribution is 2.38. The molecule has 2 aromatic heterocycles. The lowest BCUT2D eigenvalue weighted by molar-refractivity contribution is -0.137. The Bertz CT molecular complexity index is 915. The van der Waals surface area contributed by atoms with Gasteiger partial charge in [-0.2, -0.15) is 23.5 Å². The number of nitrogens with one attached hydrogen (secondary N) is 1. The van der Waals surface area contributed by atoms with Crippen LogP contribution >= 0.6 is 0 Å². The Hall–Kier alpha value is -2.64. The van der Waals surface area contributed by atoms with Gasteiger partial charge < -0.3 is 15.3 Å². The summed E-state index contributed by atoms with van der Waals surface area (Å²) in [5.74, 6) is 0.0632. The monoisotopic (exact) mass is 392 g/mol. The summed E-state index contributed by atoms with van der Waals surface area (Å²) in [7, 11) is 0. The van der Waals surface area contributed by atoms with Crippen molar-refractivity contribution in [2.45, 2.75) is 31.2 Å². The van der Waals surface area contributed by atoms with E-state index in [0.717, 1.165) is 19.0 Å². The predicted octanol–water partition coefficient (Wildman–Crippen LogP) is 1.94. The lowest BCUT2D eigenvalue weighted by Gasteiger charge is -2.33. The first kappa shape index (κ1) is 18.7. The van der Waals surface area contributed by atoms with Gasteiger partial charge in [-0.25, -0.2) is 4.98 Å². The third-order valence-corrected chi connectivity index (χ3v) is 5.22. The second-order valence-corrected chi connectivity index (χ2v) is 7.04. The highest BCUT2D eigenvalue weighted by molar-refractivity contribution is 5.68. The number of β-amino-alcohol motifs (C(OH)–C–C–N with tert-alkyl or cyclic N) is 1. The molecule has 148 valence electrons. The molecule has 0 bridgehead atoms. The van der Waals surface area contributed by atoms with E-state index < -0.39 is 23.4 Å². The number of aliphatic hydroxyl groups is 1. The van der Waals surface area contributed by atoms with Crippen molar-refractivity contribution in [1.29, 1.82) is 5.26 Å². The normalized spacial score (nSPS) is 22.6. The topological polar surface area (TPSA) is 90.0 Å². The molecule has 2 aliphatic heterocycles. The standard InChI is InChI=1S/C18H19F3N6O/c19-18(20,21)13-6-14(25-17(12(13)7-22)26-4-1-5-26)11-8-24-27(10-11)15-2-3-23-9-16(15)28/h6,8,10,15-16,23,28H,1-5,9H2. The van der Waals surface area contributed by atoms with Crippen LogP contribution in [0.15, 0.2) is 18.5 Å². The largest absolute Gasteiger partial charge is 0.417 e. The fraction of sp³-hybridized carbons (Fsp3) is 0.500. The molecule has 4 heterocycles. The van der Waals surface area contributed by atoms with E-state index in [1.165, 1.54) is 6.20 Å². The van der Waals surface area contributed by atoms with Crippen molar-refractivity contribution >= 4 is 5.82 Å². The maximum absolute atomic E-state index is 13.6. The van der Waals surface area contributed by atoms with E-state index in [4.69, 9.17) is 0 Å². The summed E-state index contributed by atoms with van der Waals surface area (Å²) in [5, 5.41) is 26.8. The Morgan fingerprint density at radius 2 is 2.11 bits per heavy atom. The first-order chi connectivity index (χ1) is 13.4. The van der Waals surface area contributed by atoms with Gasteiger partial charge in [0.05, 0.1) is 29.6 Å².